The summed E-state index contributed by atoms with van der Waals surface area (Å²) in [7, 11) is 0. The van der Waals surface area contributed by atoms with Gasteiger partial charge in [-0.1, -0.05) is 6.07 Å². The Balaban J connectivity index is 2.61. The number of rotatable bonds is 3. The molecule has 0 unspecified atom stereocenters. The fourth-order valence-corrected chi connectivity index (χ4v) is 3.44. The molecule has 1 aromatic heterocycles. The maximum absolute atomic E-state index is 12.3. The molecule has 112 valence electrons. The number of Topliss-reactive ketones (excluding diaryl/α,β-unsaturated/α-hetero) is 3. The van der Waals surface area contributed by atoms with Crippen LogP contribution in [-0.4, -0.2) is 33.0 Å². The zero-order chi connectivity index (χ0) is 15.8. The van der Waals surface area contributed by atoms with Gasteiger partial charge in [0.25, 0.3) is 0 Å². The topological polar surface area (TPSA) is 84.3 Å². The van der Waals surface area contributed by atoms with Gasteiger partial charge in [-0.2, -0.15) is 0 Å². The van der Waals surface area contributed by atoms with Crippen molar-refractivity contribution in [2.24, 2.45) is 11.8 Å². The molecule has 1 aromatic rings. The lowest BCUT2D eigenvalue weighted by Gasteiger charge is -2.43. The molecule has 0 radical (unpaired) electrons. The second-order valence-electron chi connectivity index (χ2n) is 5.96. The third kappa shape index (κ3) is 2.78. The third-order valence-electron chi connectivity index (χ3n) is 4.17. The molecule has 1 aliphatic carbocycles. The number of pyridine rings is 1. The molecule has 21 heavy (non-hydrogen) atoms. The van der Waals surface area contributed by atoms with Crippen molar-refractivity contribution in [3.05, 3.63) is 30.1 Å². The van der Waals surface area contributed by atoms with Crippen molar-refractivity contribution >= 4 is 17.3 Å². The van der Waals surface area contributed by atoms with Crippen molar-refractivity contribution < 1.29 is 19.5 Å². The predicted molar refractivity (Wildman–Crippen MR) is 75.6 cm³/mol. The molecule has 0 saturated heterocycles. The van der Waals surface area contributed by atoms with Crippen molar-refractivity contribution in [2.45, 2.75) is 38.7 Å². The summed E-state index contributed by atoms with van der Waals surface area (Å²) in [5, 5.41) is 10.5. The van der Waals surface area contributed by atoms with Crippen LogP contribution in [0.25, 0.3) is 0 Å². The molecule has 4 atom stereocenters. The van der Waals surface area contributed by atoms with Gasteiger partial charge in [0.2, 0.25) is 0 Å². The molecule has 1 fully saturated rings. The first-order valence-corrected chi connectivity index (χ1v) is 6.92. The quantitative estimate of drug-likeness (QED) is 0.848. The molecule has 1 N–H and O–H groups in total. The number of hydrogen-bond donors (Lipinski definition) is 1. The van der Waals surface area contributed by atoms with Crippen LogP contribution in [0.15, 0.2) is 24.4 Å². The number of aromatic nitrogens is 1. The van der Waals surface area contributed by atoms with Crippen molar-refractivity contribution in [1.29, 1.82) is 0 Å². The molecular formula is C16H19NO4. The van der Waals surface area contributed by atoms with Crippen molar-refractivity contribution in [3.8, 4) is 0 Å². The van der Waals surface area contributed by atoms with Crippen LogP contribution in [0, 0.1) is 11.8 Å². The number of aliphatic hydroxyl groups is 1. The largest absolute Gasteiger partial charge is 0.389 e. The number of ketones is 3. The van der Waals surface area contributed by atoms with Gasteiger partial charge in [-0.3, -0.25) is 19.4 Å². The van der Waals surface area contributed by atoms with Gasteiger partial charge in [-0.15, -0.1) is 0 Å². The molecule has 0 amide bonds. The van der Waals surface area contributed by atoms with Crippen LogP contribution < -0.4 is 0 Å². The molecule has 1 saturated carbocycles. The lowest BCUT2D eigenvalue weighted by molar-refractivity contribution is -0.151. The number of hydrogen-bond acceptors (Lipinski definition) is 5. The Morgan fingerprint density at radius 3 is 2.43 bits per heavy atom. The first-order valence-electron chi connectivity index (χ1n) is 6.92. The average molecular weight is 289 g/mol. The highest BCUT2D eigenvalue weighted by molar-refractivity contribution is 6.04. The van der Waals surface area contributed by atoms with E-state index in [-0.39, 0.29) is 23.8 Å². The smallest absolute Gasteiger partial charge is 0.146 e. The molecule has 0 aliphatic heterocycles. The highest BCUT2D eigenvalue weighted by Crippen LogP contribution is 2.45. The molecule has 2 rings (SSSR count). The zero-order valence-electron chi connectivity index (χ0n) is 12.4. The van der Waals surface area contributed by atoms with E-state index < -0.39 is 23.4 Å². The Hall–Kier alpha value is -1.88. The highest BCUT2D eigenvalue weighted by Gasteiger charge is 2.54. The van der Waals surface area contributed by atoms with Gasteiger partial charge in [0.05, 0.1) is 17.4 Å². The summed E-state index contributed by atoms with van der Waals surface area (Å²) in [4.78, 5) is 40.5. The van der Waals surface area contributed by atoms with Gasteiger partial charge in [-0.25, -0.2) is 0 Å². The number of carbonyl (C=O) groups is 3. The Labute approximate surface area is 123 Å². The minimum Gasteiger partial charge on any atom is -0.389 e. The van der Waals surface area contributed by atoms with Crippen LogP contribution >= 0.6 is 0 Å². The van der Waals surface area contributed by atoms with Crippen LogP contribution in [-0.2, 0) is 14.4 Å². The lowest BCUT2D eigenvalue weighted by atomic mass is 9.61. The molecule has 0 bridgehead atoms. The highest BCUT2D eigenvalue weighted by atomic mass is 16.3. The van der Waals surface area contributed by atoms with E-state index in [4.69, 9.17) is 0 Å². The SMILES string of the molecule is CC(=O)[C@@H]1C(=O)C[C@](C)(O)[C@H](C(C)=O)[C@@H]1c1ccccn1. The van der Waals surface area contributed by atoms with E-state index in [2.05, 4.69) is 4.98 Å². The minimum absolute atomic E-state index is 0.190. The van der Waals surface area contributed by atoms with Crippen LogP contribution in [0.1, 0.15) is 38.8 Å². The van der Waals surface area contributed by atoms with E-state index in [9.17, 15) is 19.5 Å². The summed E-state index contributed by atoms with van der Waals surface area (Å²) >= 11 is 0. The van der Waals surface area contributed by atoms with E-state index in [1.54, 1.807) is 24.4 Å². The summed E-state index contributed by atoms with van der Waals surface area (Å²) in [6, 6.07) is 5.15. The van der Waals surface area contributed by atoms with Crippen molar-refractivity contribution in [2.75, 3.05) is 0 Å². The normalized spacial score (nSPS) is 32.8. The van der Waals surface area contributed by atoms with Crippen LogP contribution in [0.5, 0.6) is 0 Å². The molecule has 1 aliphatic rings. The van der Waals surface area contributed by atoms with Crippen molar-refractivity contribution in [3.63, 3.8) is 0 Å². The fraction of sp³-hybridized carbons (Fsp3) is 0.500. The maximum atomic E-state index is 12.3. The molecule has 0 spiro atoms. The van der Waals surface area contributed by atoms with Crippen LogP contribution in [0.2, 0.25) is 0 Å². The van der Waals surface area contributed by atoms with Crippen molar-refractivity contribution in [1.82, 2.24) is 4.98 Å². The second-order valence-corrected chi connectivity index (χ2v) is 5.96. The van der Waals surface area contributed by atoms with Gasteiger partial charge < -0.3 is 5.11 Å². The van der Waals surface area contributed by atoms with E-state index in [0.29, 0.717) is 5.69 Å². The molecule has 0 aromatic carbocycles. The number of carbonyl (C=O) groups excluding carboxylic acids is 3. The van der Waals surface area contributed by atoms with E-state index in [1.807, 2.05) is 0 Å². The third-order valence-corrected chi connectivity index (χ3v) is 4.17. The number of nitrogens with zero attached hydrogens (tertiary/aromatic N) is 1. The molecule has 5 nitrogen and oxygen atoms in total. The zero-order valence-corrected chi connectivity index (χ0v) is 12.4. The van der Waals surface area contributed by atoms with Crippen LogP contribution in [0.3, 0.4) is 0 Å². The molecular weight excluding hydrogens is 270 g/mol. The average Bonchev–Trinajstić information content (AvgIpc) is 2.36. The van der Waals surface area contributed by atoms with Gasteiger partial charge in [0.1, 0.15) is 17.3 Å². The molecule has 1 heterocycles. The van der Waals surface area contributed by atoms with Gasteiger partial charge in [-0.05, 0) is 32.9 Å². The summed E-state index contributed by atoms with van der Waals surface area (Å²) in [5.41, 5.74) is -0.969. The Morgan fingerprint density at radius 2 is 1.95 bits per heavy atom. The Bertz CT molecular complexity index is 579. The maximum Gasteiger partial charge on any atom is 0.146 e. The first-order chi connectivity index (χ1) is 9.75. The monoisotopic (exact) mass is 289 g/mol. The minimum atomic E-state index is -1.46. The van der Waals surface area contributed by atoms with Crippen LogP contribution in [0.4, 0.5) is 0 Å². The summed E-state index contributed by atoms with van der Waals surface area (Å²) in [5.74, 6) is -3.32. The van der Waals surface area contributed by atoms with Gasteiger partial charge in [0.15, 0.2) is 0 Å². The lowest BCUT2D eigenvalue weighted by Crippen LogP contribution is -2.54. The summed E-state index contributed by atoms with van der Waals surface area (Å²) in [6.07, 6.45) is 1.36. The Morgan fingerprint density at radius 1 is 1.29 bits per heavy atom. The standard InChI is InChI=1S/C16H19NO4/c1-9(18)13-12(20)8-16(3,21)15(10(2)19)14(13)11-6-4-5-7-17-11/h4-7,13-15,21H,8H2,1-3H3/t13-,14-,15-,16+/m1/s1. The first kappa shape index (κ1) is 15.5. The van der Waals surface area contributed by atoms with E-state index >= 15 is 0 Å². The predicted octanol–water partition coefficient (Wildman–Crippen LogP) is 1.30. The van der Waals surface area contributed by atoms with E-state index in [1.165, 1.54) is 20.8 Å². The fourth-order valence-electron chi connectivity index (χ4n) is 3.44. The van der Waals surface area contributed by atoms with E-state index in [0.717, 1.165) is 0 Å². The van der Waals surface area contributed by atoms with Gasteiger partial charge >= 0.3 is 0 Å². The summed E-state index contributed by atoms with van der Waals surface area (Å²) in [6.45, 7) is 4.20. The summed E-state index contributed by atoms with van der Waals surface area (Å²) < 4.78 is 0. The second kappa shape index (κ2) is 5.48. The van der Waals surface area contributed by atoms with Gasteiger partial charge in [0, 0.05) is 24.2 Å². The Kier molecular flexibility index (Phi) is 4.05. The molecule has 5 heteroatoms.